The number of benzene rings is 1. The number of rotatable bonds is 7. The molecule has 5 nitrogen and oxygen atoms in total. The Hall–Kier alpha value is -1.89. The van der Waals surface area contributed by atoms with E-state index in [1.165, 1.54) is 18.2 Å². The van der Waals surface area contributed by atoms with Gasteiger partial charge in [0.15, 0.2) is 0 Å². The van der Waals surface area contributed by atoms with Gasteiger partial charge in [-0.05, 0) is 37.0 Å². The Morgan fingerprint density at radius 3 is 2.82 bits per heavy atom. The van der Waals surface area contributed by atoms with Crippen LogP contribution in [0.2, 0.25) is 0 Å². The zero-order valence-corrected chi connectivity index (χ0v) is 12.9. The molecule has 1 unspecified atom stereocenters. The highest BCUT2D eigenvalue weighted by Crippen LogP contribution is 2.31. The van der Waals surface area contributed by atoms with Crippen molar-refractivity contribution in [2.45, 2.75) is 31.7 Å². The molecule has 1 aromatic carbocycles. The predicted molar refractivity (Wildman–Crippen MR) is 81.5 cm³/mol. The van der Waals surface area contributed by atoms with Gasteiger partial charge in [0.05, 0.1) is 18.3 Å². The average Bonchev–Trinajstić information content (AvgIpc) is 2.51. The van der Waals surface area contributed by atoms with E-state index in [1.54, 1.807) is 6.07 Å². The smallest absolute Gasteiger partial charge is 0.293 e. The lowest BCUT2D eigenvalue weighted by Gasteiger charge is -2.33. The zero-order chi connectivity index (χ0) is 15.9. The SMILES string of the molecule is O=COCCC1=CCCCC1N(c1ccccc1F)[SH](=O)=O. The largest absolute Gasteiger partial charge is 0.468 e. The second-order valence-electron chi connectivity index (χ2n) is 4.98. The summed E-state index contributed by atoms with van der Waals surface area (Å²) in [6.07, 6.45) is 4.68. The van der Waals surface area contributed by atoms with E-state index in [-0.39, 0.29) is 12.3 Å². The first-order valence-electron chi connectivity index (χ1n) is 7.07. The molecule has 0 saturated carbocycles. The lowest BCUT2D eigenvalue weighted by molar-refractivity contribution is -0.128. The van der Waals surface area contributed by atoms with Gasteiger partial charge >= 0.3 is 0 Å². The van der Waals surface area contributed by atoms with Gasteiger partial charge in [0.25, 0.3) is 6.47 Å². The first-order valence-corrected chi connectivity index (χ1v) is 8.20. The summed E-state index contributed by atoms with van der Waals surface area (Å²) in [6, 6.07) is 5.38. The summed E-state index contributed by atoms with van der Waals surface area (Å²) < 4.78 is 43.2. The van der Waals surface area contributed by atoms with Crippen LogP contribution in [0.15, 0.2) is 35.9 Å². The lowest BCUT2D eigenvalue weighted by Crippen LogP contribution is -2.37. The van der Waals surface area contributed by atoms with Crippen molar-refractivity contribution in [1.29, 1.82) is 0 Å². The standard InChI is InChI=1S/C15H18FNO4S/c16-13-6-2-4-8-15(13)17(22(19)20)14-7-3-1-5-12(14)9-10-21-11-18/h2,4-6,8,11,14,22H,1,3,7,9-10H2. The van der Waals surface area contributed by atoms with Gasteiger partial charge in [-0.1, -0.05) is 18.2 Å². The van der Waals surface area contributed by atoms with Crippen LogP contribution in [0.1, 0.15) is 25.7 Å². The van der Waals surface area contributed by atoms with Crippen molar-refractivity contribution in [3.8, 4) is 0 Å². The predicted octanol–water partition coefficient (Wildman–Crippen LogP) is 2.20. The lowest BCUT2D eigenvalue weighted by atomic mass is 9.91. The third-order valence-corrected chi connectivity index (χ3v) is 4.51. The second kappa shape index (κ2) is 7.93. The molecule has 2 rings (SSSR count). The number of hydrogen-bond acceptors (Lipinski definition) is 4. The van der Waals surface area contributed by atoms with Crippen LogP contribution < -0.4 is 4.31 Å². The maximum absolute atomic E-state index is 14.0. The summed E-state index contributed by atoms with van der Waals surface area (Å²) in [5, 5.41) is 0. The van der Waals surface area contributed by atoms with E-state index in [2.05, 4.69) is 4.74 Å². The summed E-state index contributed by atoms with van der Waals surface area (Å²) in [5.41, 5.74) is 0.906. The monoisotopic (exact) mass is 327 g/mol. The molecular weight excluding hydrogens is 309 g/mol. The summed E-state index contributed by atoms with van der Waals surface area (Å²) >= 11 is 0. The number of nitrogens with zero attached hydrogens (tertiary/aromatic N) is 1. The molecule has 0 N–H and O–H groups in total. The van der Waals surface area contributed by atoms with Crippen molar-refractivity contribution in [2.24, 2.45) is 0 Å². The van der Waals surface area contributed by atoms with Crippen molar-refractivity contribution in [2.75, 3.05) is 10.9 Å². The summed E-state index contributed by atoms with van der Waals surface area (Å²) in [5.74, 6) is -0.573. The molecule has 0 bridgehead atoms. The van der Waals surface area contributed by atoms with E-state index in [0.29, 0.717) is 19.3 Å². The Bertz CT molecular complexity index is 622. The topological polar surface area (TPSA) is 63.7 Å². The van der Waals surface area contributed by atoms with Crippen LogP contribution in [0.4, 0.5) is 10.1 Å². The van der Waals surface area contributed by atoms with E-state index in [4.69, 9.17) is 0 Å². The number of hydrogen-bond donors (Lipinski definition) is 1. The number of carbonyl (C=O) groups excluding carboxylic acids is 1. The maximum atomic E-state index is 14.0. The van der Waals surface area contributed by atoms with Crippen LogP contribution in [0.25, 0.3) is 0 Å². The third kappa shape index (κ3) is 3.85. The number of carbonyl (C=O) groups is 1. The van der Waals surface area contributed by atoms with Gasteiger partial charge < -0.3 is 4.74 Å². The molecule has 120 valence electrons. The van der Waals surface area contributed by atoms with Gasteiger partial charge in [-0.15, -0.1) is 0 Å². The van der Waals surface area contributed by atoms with Gasteiger partial charge in [0, 0.05) is 6.42 Å². The normalized spacial score (nSPS) is 17.9. The fourth-order valence-electron chi connectivity index (χ4n) is 2.70. The number of halogens is 1. The molecule has 1 aliphatic rings. The van der Waals surface area contributed by atoms with Crippen LogP contribution >= 0.6 is 0 Å². The third-order valence-electron chi connectivity index (χ3n) is 3.66. The Morgan fingerprint density at radius 1 is 1.36 bits per heavy atom. The zero-order valence-electron chi connectivity index (χ0n) is 12.0. The van der Waals surface area contributed by atoms with Crippen molar-refractivity contribution in [3.63, 3.8) is 0 Å². The highest BCUT2D eigenvalue weighted by atomic mass is 32.2. The first-order chi connectivity index (χ1) is 10.6. The summed E-state index contributed by atoms with van der Waals surface area (Å²) in [7, 11) is -2.98. The molecule has 0 radical (unpaired) electrons. The van der Waals surface area contributed by atoms with Crippen molar-refractivity contribution in [3.05, 3.63) is 41.7 Å². The number of allylic oxidation sites excluding steroid dienone is 1. The number of thiol groups is 1. The Morgan fingerprint density at radius 2 is 2.14 bits per heavy atom. The molecule has 1 atom stereocenters. The molecule has 0 heterocycles. The minimum Gasteiger partial charge on any atom is -0.468 e. The van der Waals surface area contributed by atoms with Gasteiger partial charge in [0.1, 0.15) is 5.82 Å². The summed E-state index contributed by atoms with van der Waals surface area (Å²) in [6.45, 7) is 0.549. The van der Waals surface area contributed by atoms with Crippen LogP contribution in [-0.2, 0) is 20.4 Å². The molecule has 22 heavy (non-hydrogen) atoms. The molecule has 1 aromatic rings. The van der Waals surface area contributed by atoms with E-state index in [1.807, 2.05) is 6.08 Å². The molecule has 7 heteroatoms. The Kier molecular flexibility index (Phi) is 5.94. The van der Waals surface area contributed by atoms with E-state index in [9.17, 15) is 17.6 Å². The number of para-hydroxylation sites is 1. The van der Waals surface area contributed by atoms with Crippen molar-refractivity contribution >= 4 is 23.0 Å². The fourth-order valence-corrected chi connectivity index (χ4v) is 3.53. The molecule has 0 aliphatic heterocycles. The fraction of sp³-hybridized carbons (Fsp3) is 0.400. The molecule has 1 aliphatic carbocycles. The first kappa shape index (κ1) is 16.5. The molecule has 0 aromatic heterocycles. The molecule has 0 fully saturated rings. The number of ether oxygens (including phenoxy) is 1. The van der Waals surface area contributed by atoms with Crippen LogP contribution in [0, 0.1) is 5.82 Å². The average molecular weight is 327 g/mol. The van der Waals surface area contributed by atoms with E-state index in [0.717, 1.165) is 22.7 Å². The van der Waals surface area contributed by atoms with Gasteiger partial charge in [0.2, 0.25) is 10.9 Å². The van der Waals surface area contributed by atoms with Gasteiger partial charge in [-0.3, -0.25) is 9.10 Å². The molecule has 0 amide bonds. The van der Waals surface area contributed by atoms with E-state index < -0.39 is 22.7 Å². The molecular formula is C15H18FNO4S. The highest BCUT2D eigenvalue weighted by molar-refractivity contribution is 7.74. The minimum atomic E-state index is -2.98. The quantitative estimate of drug-likeness (QED) is 0.361. The maximum Gasteiger partial charge on any atom is 0.293 e. The Labute approximate surface area is 130 Å². The van der Waals surface area contributed by atoms with Crippen LogP contribution in [-0.4, -0.2) is 27.5 Å². The molecule has 0 spiro atoms. The van der Waals surface area contributed by atoms with Gasteiger partial charge in [-0.2, -0.15) is 0 Å². The Balaban J connectivity index is 2.30. The van der Waals surface area contributed by atoms with Crippen LogP contribution in [0.3, 0.4) is 0 Å². The van der Waals surface area contributed by atoms with E-state index >= 15 is 0 Å². The molecule has 0 saturated heterocycles. The van der Waals surface area contributed by atoms with Crippen LogP contribution in [0.5, 0.6) is 0 Å². The second-order valence-corrected chi connectivity index (χ2v) is 5.88. The van der Waals surface area contributed by atoms with Crippen molar-refractivity contribution in [1.82, 2.24) is 0 Å². The van der Waals surface area contributed by atoms with Crippen molar-refractivity contribution < 1.29 is 22.3 Å². The highest BCUT2D eigenvalue weighted by Gasteiger charge is 2.28. The summed E-state index contributed by atoms with van der Waals surface area (Å²) in [4.78, 5) is 10.2. The van der Waals surface area contributed by atoms with Gasteiger partial charge in [-0.25, -0.2) is 12.8 Å². The minimum absolute atomic E-state index is 0.0488. The number of anilines is 1.